The average molecular weight is 270 g/mol. The van der Waals surface area contributed by atoms with Gasteiger partial charge in [-0.3, -0.25) is 5.10 Å². The van der Waals surface area contributed by atoms with Gasteiger partial charge in [-0.05, 0) is 6.42 Å². The van der Waals surface area contributed by atoms with Crippen LogP contribution in [0.25, 0.3) is 11.0 Å². The van der Waals surface area contributed by atoms with Crippen molar-refractivity contribution in [1.82, 2.24) is 20.2 Å². The first-order chi connectivity index (χ1) is 9.11. The standard InChI is InChI=1S/C11H16F2N6/c1-3-4-14-11-16-9-7(5-15-18-9)10(17-11)19(2)6-8(12)13/h5,8H,3-4,6H2,1-2H3,(H2,14,15,16,17,18). The van der Waals surface area contributed by atoms with E-state index in [2.05, 4.69) is 25.5 Å². The fourth-order valence-corrected chi connectivity index (χ4v) is 1.72. The summed E-state index contributed by atoms with van der Waals surface area (Å²) in [5.41, 5.74) is 0.532. The number of aromatic nitrogens is 4. The number of alkyl halides is 2. The first kappa shape index (κ1) is 13.4. The van der Waals surface area contributed by atoms with Crippen LogP contribution in [0.2, 0.25) is 0 Å². The summed E-state index contributed by atoms with van der Waals surface area (Å²) in [7, 11) is 1.57. The minimum atomic E-state index is -2.42. The summed E-state index contributed by atoms with van der Waals surface area (Å²) < 4.78 is 25.0. The molecule has 2 rings (SSSR count). The van der Waals surface area contributed by atoms with Gasteiger partial charge in [0.05, 0.1) is 18.1 Å². The Balaban J connectivity index is 2.36. The molecule has 0 fully saturated rings. The molecule has 0 aliphatic rings. The van der Waals surface area contributed by atoms with E-state index in [-0.39, 0.29) is 6.54 Å². The molecule has 0 saturated carbocycles. The van der Waals surface area contributed by atoms with E-state index in [4.69, 9.17) is 0 Å². The highest BCUT2D eigenvalue weighted by atomic mass is 19.3. The quantitative estimate of drug-likeness (QED) is 0.838. The number of rotatable bonds is 6. The molecule has 2 heterocycles. The maximum Gasteiger partial charge on any atom is 0.255 e. The molecule has 0 bridgehead atoms. The van der Waals surface area contributed by atoms with E-state index in [1.807, 2.05) is 6.92 Å². The van der Waals surface area contributed by atoms with E-state index in [0.717, 1.165) is 13.0 Å². The first-order valence-corrected chi connectivity index (χ1v) is 6.06. The lowest BCUT2D eigenvalue weighted by atomic mass is 10.3. The molecule has 0 aromatic carbocycles. The highest BCUT2D eigenvalue weighted by Gasteiger charge is 2.16. The lowest BCUT2D eigenvalue weighted by molar-refractivity contribution is 0.156. The average Bonchev–Trinajstić information content (AvgIpc) is 2.82. The van der Waals surface area contributed by atoms with E-state index in [9.17, 15) is 8.78 Å². The third-order valence-corrected chi connectivity index (χ3v) is 2.60. The molecule has 0 aliphatic heterocycles. The van der Waals surface area contributed by atoms with Gasteiger partial charge in [0, 0.05) is 13.6 Å². The van der Waals surface area contributed by atoms with E-state index in [1.165, 1.54) is 11.1 Å². The lowest BCUT2D eigenvalue weighted by Gasteiger charge is -2.18. The number of anilines is 2. The van der Waals surface area contributed by atoms with Gasteiger partial charge in [0.1, 0.15) is 5.82 Å². The molecule has 0 radical (unpaired) electrons. The largest absolute Gasteiger partial charge is 0.354 e. The molecule has 2 aromatic rings. The lowest BCUT2D eigenvalue weighted by Crippen LogP contribution is -2.25. The Morgan fingerprint density at radius 3 is 2.89 bits per heavy atom. The monoisotopic (exact) mass is 270 g/mol. The van der Waals surface area contributed by atoms with Crippen molar-refractivity contribution in [2.45, 2.75) is 19.8 Å². The summed E-state index contributed by atoms with van der Waals surface area (Å²) in [4.78, 5) is 9.92. The van der Waals surface area contributed by atoms with Crippen molar-refractivity contribution >= 4 is 22.8 Å². The van der Waals surface area contributed by atoms with Crippen molar-refractivity contribution in [2.75, 3.05) is 30.4 Å². The Morgan fingerprint density at radius 2 is 2.21 bits per heavy atom. The van der Waals surface area contributed by atoms with Gasteiger partial charge in [0.25, 0.3) is 6.43 Å². The van der Waals surface area contributed by atoms with Gasteiger partial charge in [-0.15, -0.1) is 0 Å². The number of halogens is 2. The second-order valence-corrected chi connectivity index (χ2v) is 4.20. The number of nitrogens with one attached hydrogen (secondary N) is 2. The van der Waals surface area contributed by atoms with E-state index < -0.39 is 6.43 Å². The molecule has 2 aromatic heterocycles. The van der Waals surface area contributed by atoms with Crippen LogP contribution in [-0.4, -0.2) is 46.7 Å². The minimum absolute atomic E-state index is 0.384. The van der Waals surface area contributed by atoms with Crippen LogP contribution in [-0.2, 0) is 0 Å². The summed E-state index contributed by atoms with van der Waals surface area (Å²) in [6, 6.07) is 0. The van der Waals surface area contributed by atoms with Crippen molar-refractivity contribution in [3.05, 3.63) is 6.20 Å². The maximum absolute atomic E-state index is 12.5. The van der Waals surface area contributed by atoms with E-state index >= 15 is 0 Å². The van der Waals surface area contributed by atoms with Gasteiger partial charge >= 0.3 is 0 Å². The van der Waals surface area contributed by atoms with Crippen LogP contribution in [0.3, 0.4) is 0 Å². The summed E-state index contributed by atoms with van der Waals surface area (Å²) in [5.74, 6) is 0.854. The fourth-order valence-electron chi connectivity index (χ4n) is 1.72. The van der Waals surface area contributed by atoms with Crippen LogP contribution in [0.15, 0.2) is 6.20 Å². The van der Waals surface area contributed by atoms with Crippen LogP contribution in [0.4, 0.5) is 20.5 Å². The Hall–Kier alpha value is -1.99. The molecule has 104 valence electrons. The molecule has 8 heteroatoms. The van der Waals surface area contributed by atoms with Gasteiger partial charge < -0.3 is 10.2 Å². The molecular weight excluding hydrogens is 254 g/mol. The van der Waals surface area contributed by atoms with Crippen molar-refractivity contribution in [3.63, 3.8) is 0 Å². The molecule has 6 nitrogen and oxygen atoms in total. The molecule has 0 atom stereocenters. The molecule has 0 saturated heterocycles. The van der Waals surface area contributed by atoms with Crippen LogP contribution in [0.5, 0.6) is 0 Å². The van der Waals surface area contributed by atoms with Crippen molar-refractivity contribution < 1.29 is 8.78 Å². The van der Waals surface area contributed by atoms with E-state index in [0.29, 0.717) is 22.8 Å². The second-order valence-electron chi connectivity index (χ2n) is 4.20. The SMILES string of the molecule is CCCNc1nc(N(C)CC(F)F)c2cn[nH]c2n1. The second kappa shape index (κ2) is 5.77. The molecule has 2 N–H and O–H groups in total. The molecular formula is C11H16F2N6. The highest BCUT2D eigenvalue weighted by Crippen LogP contribution is 2.23. The molecule has 0 amide bonds. The Morgan fingerprint density at radius 1 is 1.42 bits per heavy atom. The zero-order valence-electron chi connectivity index (χ0n) is 10.8. The molecule has 0 unspecified atom stereocenters. The molecule has 0 spiro atoms. The van der Waals surface area contributed by atoms with Crippen LogP contribution >= 0.6 is 0 Å². The normalized spacial score (nSPS) is 11.2. The summed E-state index contributed by atoms with van der Waals surface area (Å²) in [6.45, 7) is 2.35. The van der Waals surface area contributed by atoms with Crippen LogP contribution < -0.4 is 10.2 Å². The summed E-state index contributed by atoms with van der Waals surface area (Å²) in [5, 5.41) is 10.3. The minimum Gasteiger partial charge on any atom is -0.354 e. The van der Waals surface area contributed by atoms with Gasteiger partial charge in [0.15, 0.2) is 5.65 Å². The van der Waals surface area contributed by atoms with E-state index in [1.54, 1.807) is 7.05 Å². The zero-order chi connectivity index (χ0) is 13.8. The Bertz CT molecular complexity index is 541. The van der Waals surface area contributed by atoms with Crippen LogP contribution in [0, 0.1) is 0 Å². The third kappa shape index (κ3) is 3.07. The number of H-pyrrole nitrogens is 1. The zero-order valence-corrected chi connectivity index (χ0v) is 10.8. The highest BCUT2D eigenvalue weighted by molar-refractivity contribution is 5.87. The van der Waals surface area contributed by atoms with Crippen molar-refractivity contribution in [3.8, 4) is 0 Å². The number of aromatic amines is 1. The molecule has 19 heavy (non-hydrogen) atoms. The first-order valence-electron chi connectivity index (χ1n) is 6.06. The number of hydrogen-bond acceptors (Lipinski definition) is 5. The fraction of sp³-hybridized carbons (Fsp3) is 0.545. The smallest absolute Gasteiger partial charge is 0.255 e. The van der Waals surface area contributed by atoms with Gasteiger partial charge in [-0.25, -0.2) is 8.78 Å². The number of fused-ring (bicyclic) bond motifs is 1. The number of nitrogens with zero attached hydrogens (tertiary/aromatic N) is 4. The summed E-state index contributed by atoms with van der Waals surface area (Å²) in [6.07, 6.45) is 0.0389. The van der Waals surface area contributed by atoms with Gasteiger partial charge in [-0.1, -0.05) is 6.92 Å². The summed E-state index contributed by atoms with van der Waals surface area (Å²) >= 11 is 0. The van der Waals surface area contributed by atoms with Crippen LogP contribution in [0.1, 0.15) is 13.3 Å². The Kier molecular flexibility index (Phi) is 4.08. The number of hydrogen-bond donors (Lipinski definition) is 2. The maximum atomic E-state index is 12.5. The van der Waals surface area contributed by atoms with Crippen molar-refractivity contribution in [1.29, 1.82) is 0 Å². The predicted octanol–water partition coefficient (Wildman–Crippen LogP) is 1.88. The topological polar surface area (TPSA) is 69.7 Å². The van der Waals surface area contributed by atoms with Gasteiger partial charge in [0.2, 0.25) is 5.95 Å². The Labute approximate surface area is 109 Å². The van der Waals surface area contributed by atoms with Crippen molar-refractivity contribution in [2.24, 2.45) is 0 Å². The predicted molar refractivity (Wildman–Crippen MR) is 69.7 cm³/mol. The van der Waals surface area contributed by atoms with Gasteiger partial charge in [-0.2, -0.15) is 15.1 Å². The molecule has 0 aliphatic carbocycles. The third-order valence-electron chi connectivity index (χ3n) is 2.60.